The second-order valence-corrected chi connectivity index (χ2v) is 7.80. The zero-order valence-corrected chi connectivity index (χ0v) is 13.2. The topological polar surface area (TPSA) is 76.1 Å². The smallest absolute Gasteiger partial charge is 0.226 e. The van der Waals surface area contributed by atoms with Gasteiger partial charge >= 0.3 is 0 Å². The minimum absolute atomic E-state index is 0.0214. The molecule has 7 heteroatoms. The first kappa shape index (κ1) is 15.7. The van der Waals surface area contributed by atoms with Crippen molar-refractivity contribution < 1.29 is 13.2 Å². The number of hydrogen-bond donors (Lipinski definition) is 1. The summed E-state index contributed by atoms with van der Waals surface area (Å²) in [7, 11) is -3.02. The van der Waals surface area contributed by atoms with Crippen molar-refractivity contribution in [1.82, 2.24) is 4.98 Å². The van der Waals surface area contributed by atoms with E-state index < -0.39 is 9.84 Å². The van der Waals surface area contributed by atoms with E-state index in [9.17, 15) is 13.2 Å². The molecule has 0 radical (unpaired) electrons. The monoisotopic (exact) mass is 324 g/mol. The van der Waals surface area contributed by atoms with Gasteiger partial charge in [0.05, 0.1) is 11.4 Å². The largest absolute Gasteiger partial charge is 0.302 e. The van der Waals surface area contributed by atoms with Crippen LogP contribution >= 0.6 is 11.3 Å². The number of thiazole rings is 1. The summed E-state index contributed by atoms with van der Waals surface area (Å²) in [6, 6.07) is 9.69. The van der Waals surface area contributed by atoms with Gasteiger partial charge < -0.3 is 5.32 Å². The molecule has 112 valence electrons. The molecule has 1 aromatic heterocycles. The van der Waals surface area contributed by atoms with Crippen molar-refractivity contribution in [2.45, 2.75) is 12.8 Å². The van der Waals surface area contributed by atoms with Gasteiger partial charge in [0.2, 0.25) is 5.91 Å². The molecule has 1 N–H and O–H groups in total. The van der Waals surface area contributed by atoms with Gasteiger partial charge in [-0.15, -0.1) is 11.3 Å². The Kier molecular flexibility index (Phi) is 5.08. The van der Waals surface area contributed by atoms with Crippen LogP contribution in [-0.2, 0) is 14.6 Å². The summed E-state index contributed by atoms with van der Waals surface area (Å²) in [6.45, 7) is 0. The number of anilines is 1. The minimum atomic E-state index is -3.02. The number of amides is 1. The number of sulfone groups is 1. The Morgan fingerprint density at radius 1 is 1.29 bits per heavy atom. The average Bonchev–Trinajstić information content (AvgIpc) is 2.86. The molecule has 0 aliphatic heterocycles. The summed E-state index contributed by atoms with van der Waals surface area (Å²) < 4.78 is 22.0. The highest BCUT2D eigenvalue weighted by molar-refractivity contribution is 7.90. The van der Waals surface area contributed by atoms with Gasteiger partial charge in [-0.25, -0.2) is 13.4 Å². The molecule has 2 aromatic rings. The second-order valence-electron chi connectivity index (χ2n) is 4.69. The van der Waals surface area contributed by atoms with Gasteiger partial charge in [-0.3, -0.25) is 4.79 Å². The van der Waals surface area contributed by atoms with E-state index in [-0.39, 0.29) is 18.1 Å². The molecule has 0 saturated heterocycles. The molecule has 0 spiro atoms. The van der Waals surface area contributed by atoms with E-state index in [2.05, 4.69) is 10.3 Å². The Bertz CT molecular complexity index is 709. The predicted molar refractivity (Wildman–Crippen MR) is 85.1 cm³/mol. The number of aromatic nitrogens is 1. The highest BCUT2D eigenvalue weighted by Crippen LogP contribution is 2.24. The first-order valence-electron chi connectivity index (χ1n) is 6.42. The highest BCUT2D eigenvalue weighted by Gasteiger charge is 2.09. The molecular weight excluding hydrogens is 308 g/mol. The minimum Gasteiger partial charge on any atom is -0.302 e. The molecule has 5 nitrogen and oxygen atoms in total. The quantitative estimate of drug-likeness (QED) is 0.886. The van der Waals surface area contributed by atoms with Crippen molar-refractivity contribution >= 4 is 32.2 Å². The van der Waals surface area contributed by atoms with E-state index in [4.69, 9.17) is 0 Å². The van der Waals surface area contributed by atoms with Crippen LogP contribution in [0.1, 0.15) is 12.8 Å². The van der Waals surface area contributed by atoms with Gasteiger partial charge in [0.1, 0.15) is 9.84 Å². The normalized spacial score (nSPS) is 11.3. The van der Waals surface area contributed by atoms with Crippen LogP contribution < -0.4 is 5.32 Å². The van der Waals surface area contributed by atoms with Crippen LogP contribution in [0.3, 0.4) is 0 Å². The Balaban J connectivity index is 1.89. The van der Waals surface area contributed by atoms with E-state index in [0.717, 1.165) is 17.5 Å². The molecule has 0 unspecified atom stereocenters. The summed E-state index contributed by atoms with van der Waals surface area (Å²) in [6.07, 6.45) is 1.66. The first-order valence-corrected chi connectivity index (χ1v) is 9.36. The fraction of sp³-hybridized carbons (Fsp3) is 0.286. The van der Waals surface area contributed by atoms with E-state index in [1.807, 2.05) is 35.7 Å². The van der Waals surface area contributed by atoms with Crippen LogP contribution in [0.2, 0.25) is 0 Å². The molecule has 0 aliphatic rings. The van der Waals surface area contributed by atoms with Gasteiger partial charge in [0.15, 0.2) is 5.13 Å². The van der Waals surface area contributed by atoms with Gasteiger partial charge in [-0.1, -0.05) is 30.3 Å². The molecule has 0 saturated carbocycles. The fourth-order valence-electron chi connectivity index (χ4n) is 1.75. The van der Waals surface area contributed by atoms with E-state index in [1.54, 1.807) is 0 Å². The Labute approximate surface area is 128 Å². The molecule has 21 heavy (non-hydrogen) atoms. The molecule has 0 fully saturated rings. The number of carbonyl (C=O) groups is 1. The molecule has 1 amide bonds. The van der Waals surface area contributed by atoms with Crippen LogP contribution in [0, 0.1) is 0 Å². The third-order valence-electron chi connectivity index (χ3n) is 2.74. The SMILES string of the molecule is CS(=O)(=O)CCCC(=O)Nc1nc(-c2ccccc2)cs1. The summed E-state index contributed by atoms with van der Waals surface area (Å²) in [5.41, 5.74) is 1.80. The molecule has 0 bridgehead atoms. The lowest BCUT2D eigenvalue weighted by molar-refractivity contribution is -0.116. The molecule has 2 rings (SSSR count). The lowest BCUT2D eigenvalue weighted by Crippen LogP contribution is -2.13. The van der Waals surface area contributed by atoms with E-state index in [0.29, 0.717) is 11.6 Å². The number of benzene rings is 1. The van der Waals surface area contributed by atoms with Gasteiger partial charge in [-0.2, -0.15) is 0 Å². The van der Waals surface area contributed by atoms with Crippen LogP contribution in [-0.4, -0.2) is 31.3 Å². The Morgan fingerprint density at radius 3 is 2.67 bits per heavy atom. The van der Waals surface area contributed by atoms with Crippen molar-refractivity contribution in [1.29, 1.82) is 0 Å². The predicted octanol–water partition coefficient (Wildman–Crippen LogP) is 2.57. The zero-order chi connectivity index (χ0) is 15.3. The summed E-state index contributed by atoms with van der Waals surface area (Å²) >= 11 is 1.35. The number of hydrogen-bond acceptors (Lipinski definition) is 5. The summed E-state index contributed by atoms with van der Waals surface area (Å²) in [5.74, 6) is -0.194. The maximum absolute atomic E-state index is 11.7. The van der Waals surface area contributed by atoms with E-state index >= 15 is 0 Å². The molecule has 0 atom stereocenters. The molecule has 0 aliphatic carbocycles. The standard InChI is InChI=1S/C14H16N2O3S2/c1-21(18,19)9-5-8-13(17)16-14-15-12(10-20-14)11-6-3-2-4-7-11/h2-4,6-7,10H,5,8-9H2,1H3,(H,15,16,17). The van der Waals surface area contributed by atoms with Gasteiger partial charge in [0.25, 0.3) is 0 Å². The Morgan fingerprint density at radius 2 is 2.00 bits per heavy atom. The van der Waals surface area contributed by atoms with Crippen LogP contribution in [0.4, 0.5) is 5.13 Å². The second kappa shape index (κ2) is 6.82. The summed E-state index contributed by atoms with van der Waals surface area (Å²) in [5, 5.41) is 5.09. The Hall–Kier alpha value is -1.73. The van der Waals surface area contributed by atoms with Gasteiger partial charge in [-0.05, 0) is 6.42 Å². The molecular formula is C14H16N2O3S2. The van der Waals surface area contributed by atoms with Crippen molar-refractivity contribution in [2.75, 3.05) is 17.3 Å². The van der Waals surface area contributed by atoms with Crippen molar-refractivity contribution in [3.05, 3.63) is 35.7 Å². The lowest BCUT2D eigenvalue weighted by Gasteiger charge is -2.01. The number of nitrogens with zero attached hydrogens (tertiary/aromatic N) is 1. The average molecular weight is 324 g/mol. The zero-order valence-electron chi connectivity index (χ0n) is 11.6. The number of carbonyl (C=O) groups excluding carboxylic acids is 1. The number of nitrogens with one attached hydrogen (secondary N) is 1. The number of rotatable bonds is 6. The summed E-state index contributed by atoms with van der Waals surface area (Å²) in [4.78, 5) is 16.1. The lowest BCUT2D eigenvalue weighted by atomic mass is 10.2. The maximum atomic E-state index is 11.7. The first-order chi connectivity index (χ1) is 9.94. The third-order valence-corrected chi connectivity index (χ3v) is 4.53. The molecule has 1 heterocycles. The van der Waals surface area contributed by atoms with Crippen LogP contribution in [0.15, 0.2) is 35.7 Å². The van der Waals surface area contributed by atoms with Crippen molar-refractivity contribution in [2.24, 2.45) is 0 Å². The third kappa shape index (κ3) is 5.28. The van der Waals surface area contributed by atoms with Gasteiger partial charge in [0, 0.05) is 23.6 Å². The van der Waals surface area contributed by atoms with Crippen LogP contribution in [0.5, 0.6) is 0 Å². The van der Waals surface area contributed by atoms with Crippen molar-refractivity contribution in [3.63, 3.8) is 0 Å². The highest BCUT2D eigenvalue weighted by atomic mass is 32.2. The maximum Gasteiger partial charge on any atom is 0.226 e. The fourth-order valence-corrected chi connectivity index (χ4v) is 3.15. The van der Waals surface area contributed by atoms with Crippen LogP contribution in [0.25, 0.3) is 11.3 Å². The van der Waals surface area contributed by atoms with Crippen molar-refractivity contribution in [3.8, 4) is 11.3 Å². The molecule has 1 aromatic carbocycles. The van der Waals surface area contributed by atoms with E-state index in [1.165, 1.54) is 11.3 Å².